The fourth-order valence-electron chi connectivity index (χ4n) is 3.13. The van der Waals surface area contributed by atoms with Gasteiger partial charge >= 0.3 is 5.97 Å². The summed E-state index contributed by atoms with van der Waals surface area (Å²) in [6.45, 7) is 3.39. The number of hydrogen-bond acceptors (Lipinski definition) is 6. The van der Waals surface area contributed by atoms with Crippen LogP contribution in [0.1, 0.15) is 35.9 Å². The maximum Gasteiger partial charge on any atom is 0.339 e. The lowest BCUT2D eigenvalue weighted by Crippen LogP contribution is -2.30. The summed E-state index contributed by atoms with van der Waals surface area (Å²) in [5.41, 5.74) is 0.965. The van der Waals surface area contributed by atoms with Crippen molar-refractivity contribution >= 4 is 27.6 Å². The molecule has 0 aliphatic heterocycles. The minimum atomic E-state index is -3.81. The summed E-state index contributed by atoms with van der Waals surface area (Å²) in [7, 11) is -2.27. The Morgan fingerprint density at radius 1 is 0.882 bits per heavy atom. The number of amides is 1. The molecule has 0 saturated heterocycles. The molecule has 3 aromatic rings. The van der Waals surface area contributed by atoms with Gasteiger partial charge in [0.25, 0.3) is 5.91 Å². The Bertz CT molecular complexity index is 1240. The predicted octanol–water partition coefficient (Wildman–Crippen LogP) is 3.92. The topological polar surface area (TPSA) is 111 Å². The standard InChI is InChI=1S/C25H26N2O6S/c1-17(2)27-34(30,31)22-11-7-10-19(16-22)25(29)33-23(18-8-5-4-6-9-18)24(28)26-20-12-14-21(32-3)15-13-20/h4-17,23,27H,1-3H3,(H,26,28). The van der Waals surface area contributed by atoms with Crippen LogP contribution in [0.25, 0.3) is 0 Å². The van der Waals surface area contributed by atoms with E-state index < -0.39 is 28.0 Å². The fraction of sp³-hybridized carbons (Fsp3) is 0.200. The number of methoxy groups -OCH3 is 1. The molecule has 0 bridgehead atoms. The first-order chi connectivity index (χ1) is 16.2. The Morgan fingerprint density at radius 2 is 1.56 bits per heavy atom. The molecule has 34 heavy (non-hydrogen) atoms. The quantitative estimate of drug-likeness (QED) is 0.447. The van der Waals surface area contributed by atoms with Gasteiger partial charge in [-0.25, -0.2) is 17.9 Å². The number of carbonyl (C=O) groups is 2. The fourth-order valence-corrected chi connectivity index (χ4v) is 4.42. The Labute approximate surface area is 199 Å². The molecule has 1 amide bonds. The highest BCUT2D eigenvalue weighted by Crippen LogP contribution is 2.23. The summed E-state index contributed by atoms with van der Waals surface area (Å²) in [4.78, 5) is 25.9. The van der Waals surface area contributed by atoms with Crippen molar-refractivity contribution in [2.45, 2.75) is 30.9 Å². The van der Waals surface area contributed by atoms with Crippen molar-refractivity contribution in [3.05, 3.63) is 90.0 Å². The maximum absolute atomic E-state index is 13.1. The van der Waals surface area contributed by atoms with E-state index in [4.69, 9.17) is 9.47 Å². The number of benzene rings is 3. The number of anilines is 1. The van der Waals surface area contributed by atoms with Crippen LogP contribution in [0, 0.1) is 0 Å². The molecule has 0 aliphatic carbocycles. The number of ether oxygens (including phenoxy) is 2. The predicted molar refractivity (Wildman–Crippen MR) is 128 cm³/mol. The Kier molecular flexibility index (Phi) is 8.04. The minimum absolute atomic E-state index is 0.00445. The van der Waals surface area contributed by atoms with Crippen molar-refractivity contribution in [3.8, 4) is 5.75 Å². The van der Waals surface area contributed by atoms with Gasteiger partial charge < -0.3 is 14.8 Å². The van der Waals surface area contributed by atoms with Crippen LogP contribution in [-0.4, -0.2) is 33.4 Å². The van der Waals surface area contributed by atoms with Crippen molar-refractivity contribution in [1.29, 1.82) is 0 Å². The van der Waals surface area contributed by atoms with E-state index in [2.05, 4.69) is 10.0 Å². The molecule has 0 aromatic heterocycles. The third-order valence-corrected chi connectivity index (χ3v) is 6.35. The third-order valence-electron chi connectivity index (χ3n) is 4.69. The summed E-state index contributed by atoms with van der Waals surface area (Å²) in [6, 6.07) is 20.4. The average Bonchev–Trinajstić information content (AvgIpc) is 2.82. The van der Waals surface area contributed by atoms with E-state index in [0.29, 0.717) is 17.0 Å². The number of sulfonamides is 1. The molecule has 0 saturated carbocycles. The first-order valence-electron chi connectivity index (χ1n) is 10.5. The first kappa shape index (κ1) is 24.9. The second kappa shape index (κ2) is 11.0. The zero-order valence-electron chi connectivity index (χ0n) is 19.0. The molecule has 9 heteroatoms. The summed E-state index contributed by atoms with van der Waals surface area (Å²) >= 11 is 0. The summed E-state index contributed by atoms with van der Waals surface area (Å²) < 4.78 is 38.1. The van der Waals surface area contributed by atoms with Gasteiger partial charge in [0.15, 0.2) is 0 Å². The van der Waals surface area contributed by atoms with Crippen LogP contribution >= 0.6 is 0 Å². The normalized spacial score (nSPS) is 12.1. The Balaban J connectivity index is 1.85. The molecule has 0 radical (unpaired) electrons. The summed E-state index contributed by atoms with van der Waals surface area (Å²) in [5.74, 6) is -0.763. The second-order valence-electron chi connectivity index (χ2n) is 7.72. The van der Waals surface area contributed by atoms with E-state index >= 15 is 0 Å². The van der Waals surface area contributed by atoms with Crippen LogP contribution in [0.3, 0.4) is 0 Å². The number of nitrogens with one attached hydrogen (secondary N) is 2. The van der Waals surface area contributed by atoms with Crippen molar-refractivity contribution in [1.82, 2.24) is 4.72 Å². The van der Waals surface area contributed by atoms with Gasteiger partial charge in [0.2, 0.25) is 16.1 Å². The van der Waals surface area contributed by atoms with E-state index in [-0.39, 0.29) is 16.5 Å². The molecule has 3 rings (SSSR count). The number of esters is 1. The monoisotopic (exact) mass is 482 g/mol. The number of hydrogen-bond donors (Lipinski definition) is 2. The zero-order chi connectivity index (χ0) is 24.7. The van der Waals surface area contributed by atoms with Gasteiger partial charge in [0.05, 0.1) is 17.6 Å². The van der Waals surface area contributed by atoms with Gasteiger partial charge in [-0.3, -0.25) is 4.79 Å². The van der Waals surface area contributed by atoms with Crippen LogP contribution in [0.2, 0.25) is 0 Å². The highest BCUT2D eigenvalue weighted by molar-refractivity contribution is 7.89. The maximum atomic E-state index is 13.1. The van der Waals surface area contributed by atoms with Crippen LogP contribution in [0.15, 0.2) is 83.8 Å². The summed E-state index contributed by atoms with van der Waals surface area (Å²) in [5, 5.41) is 2.73. The molecule has 178 valence electrons. The van der Waals surface area contributed by atoms with Crippen molar-refractivity contribution in [2.75, 3.05) is 12.4 Å². The molecule has 1 atom stereocenters. The van der Waals surface area contributed by atoms with Crippen molar-refractivity contribution in [3.63, 3.8) is 0 Å². The highest BCUT2D eigenvalue weighted by atomic mass is 32.2. The lowest BCUT2D eigenvalue weighted by molar-refractivity contribution is -0.125. The van der Waals surface area contributed by atoms with Gasteiger partial charge in [0, 0.05) is 17.3 Å². The molecule has 0 aliphatic rings. The van der Waals surface area contributed by atoms with E-state index in [9.17, 15) is 18.0 Å². The van der Waals surface area contributed by atoms with Crippen LogP contribution in [0.5, 0.6) is 5.75 Å². The van der Waals surface area contributed by atoms with Gasteiger partial charge in [-0.2, -0.15) is 0 Å². The first-order valence-corrected chi connectivity index (χ1v) is 12.0. The highest BCUT2D eigenvalue weighted by Gasteiger charge is 2.27. The Hall–Kier alpha value is -3.69. The molecule has 1 unspecified atom stereocenters. The third kappa shape index (κ3) is 6.43. The number of carbonyl (C=O) groups excluding carboxylic acids is 2. The van der Waals surface area contributed by atoms with E-state index in [1.165, 1.54) is 31.4 Å². The van der Waals surface area contributed by atoms with Crippen LogP contribution in [-0.2, 0) is 19.6 Å². The van der Waals surface area contributed by atoms with E-state index in [1.807, 2.05) is 0 Å². The molecular formula is C25H26N2O6S. The lowest BCUT2D eigenvalue weighted by Gasteiger charge is -2.18. The minimum Gasteiger partial charge on any atom is -0.497 e. The van der Waals surface area contributed by atoms with Gasteiger partial charge in [-0.05, 0) is 56.3 Å². The second-order valence-corrected chi connectivity index (χ2v) is 9.43. The molecule has 2 N–H and O–H groups in total. The number of rotatable bonds is 9. The van der Waals surface area contributed by atoms with E-state index in [1.54, 1.807) is 68.4 Å². The van der Waals surface area contributed by atoms with Gasteiger partial charge in [0.1, 0.15) is 5.75 Å². The smallest absolute Gasteiger partial charge is 0.339 e. The van der Waals surface area contributed by atoms with E-state index in [0.717, 1.165) is 0 Å². The van der Waals surface area contributed by atoms with Crippen molar-refractivity contribution < 1.29 is 27.5 Å². The zero-order valence-corrected chi connectivity index (χ0v) is 19.8. The SMILES string of the molecule is COc1ccc(NC(=O)C(OC(=O)c2cccc(S(=O)(=O)NC(C)C)c2)c2ccccc2)cc1. The molecule has 0 heterocycles. The largest absolute Gasteiger partial charge is 0.497 e. The van der Waals surface area contributed by atoms with Crippen LogP contribution < -0.4 is 14.8 Å². The molecule has 0 spiro atoms. The van der Waals surface area contributed by atoms with Gasteiger partial charge in [-0.15, -0.1) is 0 Å². The summed E-state index contributed by atoms with van der Waals surface area (Å²) in [6.07, 6.45) is -1.26. The Morgan fingerprint density at radius 3 is 2.18 bits per heavy atom. The molecule has 3 aromatic carbocycles. The average molecular weight is 483 g/mol. The molecular weight excluding hydrogens is 456 g/mol. The molecule has 8 nitrogen and oxygen atoms in total. The van der Waals surface area contributed by atoms with Gasteiger partial charge in [-0.1, -0.05) is 36.4 Å². The van der Waals surface area contributed by atoms with Crippen LogP contribution in [0.4, 0.5) is 5.69 Å². The molecule has 0 fully saturated rings. The van der Waals surface area contributed by atoms with Crippen molar-refractivity contribution in [2.24, 2.45) is 0 Å². The lowest BCUT2D eigenvalue weighted by atomic mass is 10.1.